The Bertz CT molecular complexity index is 436. The fraction of sp³-hybridized carbons (Fsp3) is 0.600. The first-order chi connectivity index (χ1) is 8.99. The summed E-state index contributed by atoms with van der Waals surface area (Å²) < 4.78 is 13.3. The summed E-state index contributed by atoms with van der Waals surface area (Å²) in [6.07, 6.45) is 1.66. The van der Waals surface area contributed by atoms with E-state index in [1.54, 1.807) is 13.0 Å². The van der Waals surface area contributed by atoms with Gasteiger partial charge in [-0.1, -0.05) is 0 Å². The van der Waals surface area contributed by atoms with Crippen molar-refractivity contribution in [2.75, 3.05) is 32.1 Å². The topological polar surface area (TPSA) is 26.7 Å². The second-order valence-electron chi connectivity index (χ2n) is 5.55. The minimum atomic E-state index is -0.658. The Morgan fingerprint density at radius 2 is 2.21 bits per heavy atom. The van der Waals surface area contributed by atoms with E-state index in [2.05, 4.69) is 16.8 Å². The molecule has 4 heteroatoms. The largest absolute Gasteiger partial charge is 0.389 e. The Morgan fingerprint density at radius 1 is 1.47 bits per heavy atom. The predicted octanol–water partition coefficient (Wildman–Crippen LogP) is 2.41. The number of halogens is 1. The van der Waals surface area contributed by atoms with Crippen molar-refractivity contribution in [3.63, 3.8) is 0 Å². The summed E-state index contributed by atoms with van der Waals surface area (Å²) in [5.41, 5.74) is 1.59. The molecule has 1 aliphatic rings. The maximum Gasteiger partial charge on any atom is 0.123 e. The average molecular weight is 266 g/mol. The number of piperidine rings is 1. The first-order valence-electron chi connectivity index (χ1n) is 6.88. The Kier molecular flexibility index (Phi) is 4.42. The van der Waals surface area contributed by atoms with Gasteiger partial charge in [-0.25, -0.2) is 4.39 Å². The van der Waals surface area contributed by atoms with Crippen molar-refractivity contribution in [1.29, 1.82) is 0 Å². The summed E-state index contributed by atoms with van der Waals surface area (Å²) in [7, 11) is 4.16. The Hall–Kier alpha value is -1.13. The zero-order chi connectivity index (χ0) is 14.0. The number of hydrogen-bond acceptors (Lipinski definition) is 3. The molecule has 1 fully saturated rings. The van der Waals surface area contributed by atoms with Crippen molar-refractivity contribution in [2.45, 2.75) is 31.9 Å². The van der Waals surface area contributed by atoms with Crippen LogP contribution in [0.2, 0.25) is 0 Å². The molecule has 2 atom stereocenters. The molecule has 2 rings (SSSR count). The fourth-order valence-corrected chi connectivity index (χ4v) is 2.83. The van der Waals surface area contributed by atoms with Gasteiger partial charge in [-0.3, -0.25) is 0 Å². The highest BCUT2D eigenvalue weighted by Gasteiger charge is 2.23. The molecule has 1 heterocycles. The number of rotatable bonds is 3. The van der Waals surface area contributed by atoms with Crippen LogP contribution in [-0.2, 0) is 0 Å². The third-order valence-corrected chi connectivity index (χ3v) is 3.97. The molecule has 1 aromatic rings. The molecule has 106 valence electrons. The molecule has 19 heavy (non-hydrogen) atoms. The van der Waals surface area contributed by atoms with E-state index in [-0.39, 0.29) is 5.82 Å². The Morgan fingerprint density at radius 3 is 2.84 bits per heavy atom. The smallest absolute Gasteiger partial charge is 0.123 e. The second-order valence-corrected chi connectivity index (χ2v) is 5.55. The zero-order valence-corrected chi connectivity index (χ0v) is 11.9. The normalized spacial score (nSPS) is 22.3. The maximum absolute atomic E-state index is 13.3. The molecule has 0 saturated carbocycles. The number of anilines is 1. The van der Waals surface area contributed by atoms with E-state index < -0.39 is 6.10 Å². The van der Waals surface area contributed by atoms with Crippen LogP contribution in [0.3, 0.4) is 0 Å². The molecule has 1 aliphatic heterocycles. The summed E-state index contributed by atoms with van der Waals surface area (Å²) in [6, 6.07) is 5.08. The number of likely N-dealkylation sites (N-methyl/N-ethyl adjacent to an activating group) is 2. The highest BCUT2D eigenvalue weighted by Crippen LogP contribution is 2.29. The third-order valence-electron chi connectivity index (χ3n) is 3.97. The lowest BCUT2D eigenvalue weighted by molar-refractivity contribution is 0.198. The van der Waals surface area contributed by atoms with Crippen molar-refractivity contribution < 1.29 is 9.50 Å². The van der Waals surface area contributed by atoms with Crippen LogP contribution in [0.4, 0.5) is 10.1 Å². The maximum atomic E-state index is 13.3. The summed E-state index contributed by atoms with van der Waals surface area (Å²) in [6.45, 7) is 3.82. The molecular weight excluding hydrogens is 243 g/mol. The van der Waals surface area contributed by atoms with Crippen LogP contribution >= 0.6 is 0 Å². The SMILES string of the molecule is C[C@@H](O)c1cc(F)ccc1N(C)C1CCCN(C)C1. The standard InChI is InChI=1S/C15H23FN2O/c1-11(19)14-9-12(16)6-7-15(14)18(3)13-5-4-8-17(2)10-13/h6-7,9,11,13,19H,4-5,8,10H2,1-3H3/t11-,13?/m1/s1. The second kappa shape index (κ2) is 5.88. The summed E-state index contributed by atoms with van der Waals surface area (Å²) in [4.78, 5) is 4.49. The van der Waals surface area contributed by atoms with Gasteiger partial charge in [-0.15, -0.1) is 0 Å². The van der Waals surface area contributed by atoms with Gasteiger partial charge in [0.25, 0.3) is 0 Å². The number of likely N-dealkylation sites (tertiary alicyclic amines) is 1. The quantitative estimate of drug-likeness (QED) is 0.910. The lowest BCUT2D eigenvalue weighted by Gasteiger charge is -2.38. The average Bonchev–Trinajstić information content (AvgIpc) is 2.37. The number of benzene rings is 1. The van der Waals surface area contributed by atoms with Crippen molar-refractivity contribution in [3.8, 4) is 0 Å². The molecule has 3 nitrogen and oxygen atoms in total. The van der Waals surface area contributed by atoms with Gasteiger partial charge in [0.15, 0.2) is 0 Å². The first-order valence-corrected chi connectivity index (χ1v) is 6.88. The van der Waals surface area contributed by atoms with E-state index in [4.69, 9.17) is 0 Å². The van der Waals surface area contributed by atoms with Crippen LogP contribution in [-0.4, -0.2) is 43.2 Å². The van der Waals surface area contributed by atoms with Crippen molar-refractivity contribution in [3.05, 3.63) is 29.6 Å². The number of hydrogen-bond donors (Lipinski definition) is 1. The molecule has 0 aliphatic carbocycles. The van der Waals surface area contributed by atoms with E-state index >= 15 is 0 Å². The van der Waals surface area contributed by atoms with Crippen molar-refractivity contribution >= 4 is 5.69 Å². The zero-order valence-electron chi connectivity index (χ0n) is 11.9. The van der Waals surface area contributed by atoms with Gasteiger partial charge in [0.05, 0.1) is 6.10 Å². The Balaban J connectivity index is 2.25. The molecule has 1 unspecified atom stereocenters. The predicted molar refractivity (Wildman–Crippen MR) is 76.0 cm³/mol. The van der Waals surface area contributed by atoms with Gasteiger partial charge in [-0.05, 0) is 51.6 Å². The number of nitrogens with zero attached hydrogens (tertiary/aromatic N) is 2. The van der Waals surface area contributed by atoms with Gasteiger partial charge in [-0.2, -0.15) is 0 Å². The lowest BCUT2D eigenvalue weighted by atomic mass is 10.0. The van der Waals surface area contributed by atoms with Crippen molar-refractivity contribution in [1.82, 2.24) is 4.90 Å². The van der Waals surface area contributed by atoms with Gasteiger partial charge >= 0.3 is 0 Å². The highest BCUT2D eigenvalue weighted by atomic mass is 19.1. The lowest BCUT2D eigenvalue weighted by Crippen LogP contribution is -2.45. The van der Waals surface area contributed by atoms with E-state index in [0.29, 0.717) is 11.6 Å². The van der Waals surface area contributed by atoms with Crippen LogP contribution in [0.1, 0.15) is 31.4 Å². The summed E-state index contributed by atoms with van der Waals surface area (Å²) in [5, 5.41) is 9.82. The van der Waals surface area contributed by atoms with Crippen LogP contribution in [0, 0.1) is 5.82 Å². The van der Waals surface area contributed by atoms with Crippen LogP contribution in [0.5, 0.6) is 0 Å². The minimum absolute atomic E-state index is 0.297. The Labute approximate surface area is 114 Å². The van der Waals surface area contributed by atoms with Gasteiger partial charge in [0.1, 0.15) is 5.82 Å². The molecular formula is C15H23FN2O. The minimum Gasteiger partial charge on any atom is -0.389 e. The fourth-order valence-electron chi connectivity index (χ4n) is 2.83. The molecule has 0 amide bonds. The van der Waals surface area contributed by atoms with Crippen LogP contribution < -0.4 is 4.90 Å². The highest BCUT2D eigenvalue weighted by molar-refractivity contribution is 5.55. The molecule has 0 aromatic heterocycles. The first kappa shape index (κ1) is 14.3. The van der Waals surface area contributed by atoms with Crippen molar-refractivity contribution in [2.24, 2.45) is 0 Å². The molecule has 0 spiro atoms. The van der Waals surface area contributed by atoms with Gasteiger partial charge in [0, 0.05) is 30.9 Å². The third kappa shape index (κ3) is 3.25. The van der Waals surface area contributed by atoms with E-state index in [1.165, 1.54) is 18.6 Å². The van der Waals surface area contributed by atoms with E-state index in [9.17, 15) is 9.50 Å². The van der Waals surface area contributed by atoms with Gasteiger partial charge < -0.3 is 14.9 Å². The van der Waals surface area contributed by atoms with Crippen LogP contribution in [0.25, 0.3) is 0 Å². The molecule has 1 aromatic carbocycles. The molecule has 1 N–H and O–H groups in total. The summed E-state index contributed by atoms with van der Waals surface area (Å²) >= 11 is 0. The van der Waals surface area contributed by atoms with Crippen LogP contribution in [0.15, 0.2) is 18.2 Å². The monoisotopic (exact) mass is 266 g/mol. The molecule has 1 saturated heterocycles. The number of aliphatic hydroxyl groups is 1. The van der Waals surface area contributed by atoms with Gasteiger partial charge in [0.2, 0.25) is 0 Å². The van der Waals surface area contributed by atoms with E-state index in [1.807, 2.05) is 7.05 Å². The summed E-state index contributed by atoms with van der Waals surface area (Å²) in [5.74, 6) is -0.297. The molecule has 0 radical (unpaired) electrons. The number of aliphatic hydroxyl groups excluding tert-OH is 1. The van der Waals surface area contributed by atoms with E-state index in [0.717, 1.165) is 25.2 Å². The molecule has 0 bridgehead atoms.